The number of aromatic amines is 1. The van der Waals surface area contributed by atoms with Gasteiger partial charge in [0.15, 0.2) is 0 Å². The minimum absolute atomic E-state index is 0.0966. The van der Waals surface area contributed by atoms with E-state index in [0.717, 1.165) is 32.4 Å². The number of H-pyrrole nitrogens is 1. The minimum Gasteiger partial charge on any atom is -0.347 e. The molecule has 4 atom stereocenters. The number of carbonyl (C=O) groups is 2. The molecule has 3 N–H and O–H groups in total. The highest BCUT2D eigenvalue weighted by Gasteiger charge is 2.47. The average Bonchev–Trinajstić information content (AvgIpc) is 3.13. The van der Waals surface area contributed by atoms with Crippen molar-refractivity contribution >= 4 is 11.8 Å². The van der Waals surface area contributed by atoms with Crippen LogP contribution in [0.25, 0.3) is 0 Å². The van der Waals surface area contributed by atoms with Gasteiger partial charge < -0.3 is 15.5 Å². The molecule has 0 unspecified atom stereocenters. The first-order valence-electron chi connectivity index (χ1n) is 9.14. The van der Waals surface area contributed by atoms with Gasteiger partial charge in [-0.1, -0.05) is 0 Å². The standard InChI is InChI=1S/C16H21F3N6O2/c17-16(18,19)15-22-13(23-24-15)14(27)21-7-11-9-4-8(5-20-6-9)10-2-1-3-12(26)25(10)11/h8-11,20H,1-7H2,(H,21,27)(H,22,23,24)/t8-,9+,10+,11+/m1/s1. The fraction of sp³-hybridized carbons (Fsp3) is 0.750. The average molecular weight is 386 g/mol. The summed E-state index contributed by atoms with van der Waals surface area (Å²) in [5, 5.41) is 11.1. The lowest BCUT2D eigenvalue weighted by Gasteiger charge is -2.54. The van der Waals surface area contributed by atoms with Crippen LogP contribution in [0.2, 0.25) is 0 Å². The number of halogens is 3. The zero-order chi connectivity index (χ0) is 19.2. The zero-order valence-corrected chi connectivity index (χ0v) is 14.6. The van der Waals surface area contributed by atoms with E-state index < -0.39 is 23.7 Å². The number of alkyl halides is 3. The molecular formula is C16H21F3N6O2. The quantitative estimate of drug-likeness (QED) is 0.704. The maximum absolute atomic E-state index is 12.6. The van der Waals surface area contributed by atoms with E-state index in [2.05, 4.69) is 20.7 Å². The molecular weight excluding hydrogens is 365 g/mol. The number of rotatable bonds is 3. The highest BCUT2D eigenvalue weighted by molar-refractivity contribution is 5.90. The Bertz CT molecular complexity index is 736. The molecule has 2 bridgehead atoms. The number of hydrogen-bond acceptors (Lipinski definition) is 5. The number of aromatic nitrogens is 3. The van der Waals surface area contributed by atoms with E-state index >= 15 is 0 Å². The van der Waals surface area contributed by atoms with Crippen molar-refractivity contribution in [2.45, 2.75) is 43.9 Å². The van der Waals surface area contributed by atoms with Crippen LogP contribution in [0.5, 0.6) is 0 Å². The van der Waals surface area contributed by atoms with Crippen molar-refractivity contribution in [2.75, 3.05) is 19.6 Å². The summed E-state index contributed by atoms with van der Waals surface area (Å²) in [6, 6.07) is -0.00521. The summed E-state index contributed by atoms with van der Waals surface area (Å²) in [6.45, 7) is 1.82. The number of fused-ring (bicyclic) bond motifs is 4. The van der Waals surface area contributed by atoms with Gasteiger partial charge in [0.1, 0.15) is 0 Å². The summed E-state index contributed by atoms with van der Waals surface area (Å²) in [5.74, 6) is -1.93. The van der Waals surface area contributed by atoms with Crippen LogP contribution in [0.4, 0.5) is 13.2 Å². The fourth-order valence-electron chi connectivity index (χ4n) is 4.66. The van der Waals surface area contributed by atoms with Crippen LogP contribution in [0.15, 0.2) is 0 Å². The number of nitrogens with one attached hydrogen (secondary N) is 3. The largest absolute Gasteiger partial charge is 0.451 e. The predicted molar refractivity (Wildman–Crippen MR) is 86.5 cm³/mol. The highest BCUT2D eigenvalue weighted by atomic mass is 19.4. The molecule has 0 saturated carbocycles. The Kier molecular flexibility index (Phi) is 4.57. The van der Waals surface area contributed by atoms with Crippen molar-refractivity contribution in [3.63, 3.8) is 0 Å². The molecule has 8 nitrogen and oxygen atoms in total. The molecule has 3 saturated heterocycles. The van der Waals surface area contributed by atoms with E-state index in [0.29, 0.717) is 12.3 Å². The van der Waals surface area contributed by atoms with Gasteiger partial charge in [-0.2, -0.15) is 18.2 Å². The van der Waals surface area contributed by atoms with E-state index in [-0.39, 0.29) is 30.5 Å². The van der Waals surface area contributed by atoms with Crippen molar-refractivity contribution in [1.29, 1.82) is 0 Å². The molecule has 1 aromatic heterocycles. The molecule has 3 aliphatic rings. The molecule has 27 heavy (non-hydrogen) atoms. The van der Waals surface area contributed by atoms with Crippen LogP contribution < -0.4 is 10.6 Å². The molecule has 2 amide bonds. The summed E-state index contributed by atoms with van der Waals surface area (Å²) in [5.41, 5.74) is 0. The zero-order valence-electron chi connectivity index (χ0n) is 14.6. The highest BCUT2D eigenvalue weighted by Crippen LogP contribution is 2.39. The number of amides is 2. The summed E-state index contributed by atoms with van der Waals surface area (Å²) in [7, 11) is 0. The molecule has 148 valence electrons. The van der Waals surface area contributed by atoms with E-state index in [4.69, 9.17) is 0 Å². The second-order valence-electron chi connectivity index (χ2n) is 7.46. The summed E-state index contributed by atoms with van der Waals surface area (Å²) < 4.78 is 37.8. The molecule has 1 aromatic rings. The molecule has 3 aliphatic heterocycles. The van der Waals surface area contributed by atoms with Gasteiger partial charge in [-0.25, -0.2) is 0 Å². The Morgan fingerprint density at radius 1 is 1.30 bits per heavy atom. The van der Waals surface area contributed by atoms with E-state index in [9.17, 15) is 22.8 Å². The van der Waals surface area contributed by atoms with Gasteiger partial charge in [0.05, 0.1) is 6.04 Å². The monoisotopic (exact) mass is 386 g/mol. The van der Waals surface area contributed by atoms with Gasteiger partial charge in [-0.05, 0) is 37.6 Å². The lowest BCUT2D eigenvalue weighted by atomic mass is 9.72. The molecule has 3 fully saturated rings. The topological polar surface area (TPSA) is 103 Å². The third-order valence-corrected chi connectivity index (χ3v) is 5.83. The SMILES string of the molecule is O=C(NC[C@H]1[C@@H]2CNC[C@@H](C2)[C@@H]2CCCC(=O)N21)c1n[nH]c(C(F)(F)F)n1. The lowest BCUT2D eigenvalue weighted by Crippen LogP contribution is -2.66. The Morgan fingerprint density at radius 3 is 2.81 bits per heavy atom. The van der Waals surface area contributed by atoms with E-state index in [1.165, 1.54) is 0 Å². The van der Waals surface area contributed by atoms with Gasteiger partial charge in [-0.3, -0.25) is 14.7 Å². The Morgan fingerprint density at radius 2 is 2.07 bits per heavy atom. The van der Waals surface area contributed by atoms with Gasteiger partial charge in [-0.15, -0.1) is 5.10 Å². The van der Waals surface area contributed by atoms with Crippen molar-refractivity contribution in [3.05, 3.63) is 11.6 Å². The molecule has 4 heterocycles. The minimum atomic E-state index is -4.69. The van der Waals surface area contributed by atoms with Crippen LogP contribution in [-0.4, -0.2) is 63.6 Å². The Balaban J connectivity index is 1.46. The number of nitrogens with zero attached hydrogens (tertiary/aromatic N) is 3. The van der Waals surface area contributed by atoms with E-state index in [1.54, 1.807) is 5.10 Å². The first-order valence-corrected chi connectivity index (χ1v) is 9.14. The molecule has 0 aromatic carbocycles. The first-order chi connectivity index (χ1) is 12.8. The maximum Gasteiger partial charge on any atom is 0.451 e. The number of piperidine rings is 3. The lowest BCUT2D eigenvalue weighted by molar-refractivity contribution is -0.149. The van der Waals surface area contributed by atoms with Crippen molar-refractivity contribution in [2.24, 2.45) is 11.8 Å². The second-order valence-corrected chi connectivity index (χ2v) is 7.46. The molecule has 0 aliphatic carbocycles. The van der Waals surface area contributed by atoms with E-state index in [1.807, 2.05) is 4.90 Å². The second kappa shape index (κ2) is 6.77. The summed E-state index contributed by atoms with van der Waals surface area (Å²) in [4.78, 5) is 29.9. The molecule has 0 radical (unpaired) electrons. The Hall–Kier alpha value is -2.17. The van der Waals surface area contributed by atoms with Gasteiger partial charge in [0.25, 0.3) is 5.91 Å². The van der Waals surface area contributed by atoms with Crippen LogP contribution in [-0.2, 0) is 11.0 Å². The number of carbonyl (C=O) groups excluding carboxylic acids is 2. The van der Waals surface area contributed by atoms with Crippen LogP contribution in [0.1, 0.15) is 42.1 Å². The Labute approximate surface area is 153 Å². The summed E-state index contributed by atoms with van der Waals surface area (Å²) in [6.07, 6.45) is -1.38. The molecule has 11 heteroatoms. The van der Waals surface area contributed by atoms with Crippen molar-refractivity contribution in [3.8, 4) is 0 Å². The third-order valence-electron chi connectivity index (χ3n) is 5.83. The van der Waals surface area contributed by atoms with Gasteiger partial charge in [0.2, 0.25) is 17.6 Å². The number of hydrogen-bond donors (Lipinski definition) is 3. The first kappa shape index (κ1) is 18.2. The smallest absolute Gasteiger partial charge is 0.347 e. The predicted octanol–water partition coefficient (Wildman–Crippen LogP) is 0.542. The summed E-state index contributed by atoms with van der Waals surface area (Å²) >= 11 is 0. The van der Waals surface area contributed by atoms with Crippen LogP contribution in [0, 0.1) is 11.8 Å². The fourth-order valence-corrected chi connectivity index (χ4v) is 4.66. The molecule has 0 spiro atoms. The van der Waals surface area contributed by atoms with Crippen molar-refractivity contribution < 1.29 is 22.8 Å². The maximum atomic E-state index is 12.6. The van der Waals surface area contributed by atoms with Crippen molar-refractivity contribution in [1.82, 2.24) is 30.7 Å². The normalized spacial score (nSPS) is 30.8. The van der Waals surface area contributed by atoms with Gasteiger partial charge in [0, 0.05) is 25.6 Å². The van der Waals surface area contributed by atoms with Gasteiger partial charge >= 0.3 is 6.18 Å². The van der Waals surface area contributed by atoms with Crippen LogP contribution in [0.3, 0.4) is 0 Å². The molecule has 4 rings (SSSR count). The third kappa shape index (κ3) is 3.40. The van der Waals surface area contributed by atoms with Crippen LogP contribution >= 0.6 is 0 Å².